The van der Waals surface area contributed by atoms with Crippen LogP contribution in [0.25, 0.3) is 26.9 Å². The molecule has 0 spiro atoms. The van der Waals surface area contributed by atoms with Crippen LogP contribution in [0.4, 0.5) is 10.2 Å². The summed E-state index contributed by atoms with van der Waals surface area (Å²) in [5, 5.41) is 0.589. The third kappa shape index (κ3) is 5.43. The van der Waals surface area contributed by atoms with Crippen molar-refractivity contribution in [2.75, 3.05) is 57.0 Å². The fraction of sp³-hybridized carbons (Fsp3) is 0.438. The Labute approximate surface area is 250 Å². The second kappa shape index (κ2) is 12.3. The maximum absolute atomic E-state index is 16.6. The van der Waals surface area contributed by atoms with Gasteiger partial charge in [0.15, 0.2) is 5.82 Å². The van der Waals surface area contributed by atoms with Crippen LogP contribution in [0.2, 0.25) is 0 Å². The molecular formula is C32H35FN6O2S. The molecule has 2 fully saturated rings. The number of hydrogen-bond donors (Lipinski definition) is 0. The minimum absolute atomic E-state index is 0.144. The highest BCUT2D eigenvalue weighted by Gasteiger charge is 2.33. The first-order valence-electron chi connectivity index (χ1n) is 14.6. The van der Waals surface area contributed by atoms with Crippen LogP contribution in [0.5, 0.6) is 6.01 Å². The standard InChI is InChI=1S/C32H35FN6O2S/c1-4-28(40)39-16-15-38(19-22(39)18-34-2)31-26-13-12-25(23-9-5-11-27-24(23)10-7-17-42-27)29(33)30(26)35-32(36-31)41-20-21-8-6-14-37(21)3/h4-5,9,11-13,21-22H,1,6-8,10,14-20H2,3H3/t21-,22-/m0/s1. The van der Waals surface area contributed by atoms with Crippen LogP contribution in [0.1, 0.15) is 24.8 Å². The lowest BCUT2D eigenvalue weighted by atomic mass is 9.95. The summed E-state index contributed by atoms with van der Waals surface area (Å²) in [7, 11) is 2.08. The van der Waals surface area contributed by atoms with Crippen molar-refractivity contribution in [3.8, 4) is 17.1 Å². The topological polar surface area (TPSA) is 66.2 Å². The van der Waals surface area contributed by atoms with Gasteiger partial charge in [0.1, 0.15) is 24.0 Å². The van der Waals surface area contributed by atoms with Gasteiger partial charge in [-0.05, 0) is 74.4 Å². The Morgan fingerprint density at radius 2 is 2.07 bits per heavy atom. The number of anilines is 1. The molecule has 10 heteroatoms. The van der Waals surface area contributed by atoms with Gasteiger partial charge in [-0.3, -0.25) is 4.79 Å². The molecule has 8 nitrogen and oxygen atoms in total. The number of hydrogen-bond acceptors (Lipinski definition) is 7. The Bertz CT molecular complexity index is 1560. The van der Waals surface area contributed by atoms with Crippen LogP contribution in [0.3, 0.4) is 0 Å². The number of ether oxygens (including phenoxy) is 1. The molecule has 0 bridgehead atoms. The number of carbonyl (C=O) groups excluding carboxylic acids is 1. The lowest BCUT2D eigenvalue weighted by Gasteiger charge is -2.39. The highest BCUT2D eigenvalue weighted by atomic mass is 32.2. The van der Waals surface area contributed by atoms with Crippen molar-refractivity contribution in [2.45, 2.75) is 42.7 Å². The molecule has 218 valence electrons. The predicted molar refractivity (Wildman–Crippen MR) is 165 cm³/mol. The van der Waals surface area contributed by atoms with E-state index in [1.807, 2.05) is 40.9 Å². The van der Waals surface area contributed by atoms with Crippen LogP contribution >= 0.6 is 11.8 Å². The second-order valence-corrected chi connectivity index (χ2v) is 12.3. The van der Waals surface area contributed by atoms with E-state index in [4.69, 9.17) is 16.3 Å². The van der Waals surface area contributed by atoms with E-state index in [1.165, 1.54) is 16.5 Å². The largest absolute Gasteiger partial charge is 0.462 e. The van der Waals surface area contributed by atoms with E-state index in [9.17, 15) is 4.79 Å². The van der Waals surface area contributed by atoms with Gasteiger partial charge >= 0.3 is 6.01 Å². The molecule has 4 heterocycles. The van der Waals surface area contributed by atoms with Crippen LogP contribution < -0.4 is 9.64 Å². The monoisotopic (exact) mass is 586 g/mol. The second-order valence-electron chi connectivity index (χ2n) is 11.2. The number of amides is 1. The normalized spacial score (nSPS) is 20.8. The summed E-state index contributed by atoms with van der Waals surface area (Å²) in [5.74, 6) is 1.05. The Balaban J connectivity index is 1.42. The summed E-state index contributed by atoms with van der Waals surface area (Å²) in [6, 6.07) is 9.91. The molecule has 1 amide bonds. The van der Waals surface area contributed by atoms with Crippen molar-refractivity contribution in [1.82, 2.24) is 19.8 Å². The molecule has 2 aromatic carbocycles. The quantitative estimate of drug-likeness (QED) is 0.283. The highest BCUT2D eigenvalue weighted by molar-refractivity contribution is 7.99. The number of benzene rings is 2. The molecule has 1 aromatic heterocycles. The molecule has 2 atom stereocenters. The minimum atomic E-state index is -0.388. The average Bonchev–Trinajstić information content (AvgIpc) is 3.44. The van der Waals surface area contributed by atoms with Crippen LogP contribution in [-0.4, -0.2) is 89.9 Å². The van der Waals surface area contributed by atoms with Crippen molar-refractivity contribution in [2.24, 2.45) is 0 Å². The molecule has 0 unspecified atom stereocenters. The van der Waals surface area contributed by atoms with Crippen molar-refractivity contribution >= 4 is 34.4 Å². The number of fused-ring (bicyclic) bond motifs is 2. The first-order valence-corrected chi connectivity index (χ1v) is 15.6. The van der Waals surface area contributed by atoms with Gasteiger partial charge in [0, 0.05) is 41.5 Å². The minimum Gasteiger partial charge on any atom is -0.462 e. The molecule has 42 heavy (non-hydrogen) atoms. The van der Waals surface area contributed by atoms with Gasteiger partial charge in [0.2, 0.25) is 12.5 Å². The Morgan fingerprint density at radius 3 is 2.86 bits per heavy atom. The molecular weight excluding hydrogens is 551 g/mol. The highest BCUT2D eigenvalue weighted by Crippen LogP contribution is 2.40. The first-order chi connectivity index (χ1) is 20.5. The summed E-state index contributed by atoms with van der Waals surface area (Å²) >= 11 is 1.82. The number of aromatic nitrogens is 2. The SMILES string of the molecule is [C-]#[N+]C[C@H]1CN(c2nc(OC[C@@H]3CCCN3C)nc3c(F)c(-c4cccc5c4CCCS5)ccc23)CCN1C(=O)C=C. The summed E-state index contributed by atoms with van der Waals surface area (Å²) < 4.78 is 22.7. The molecule has 3 aliphatic heterocycles. The maximum atomic E-state index is 16.6. The number of piperazine rings is 1. The van der Waals surface area contributed by atoms with Crippen molar-refractivity contribution in [3.05, 3.63) is 65.8 Å². The smallest absolute Gasteiger partial charge is 0.319 e. The average molecular weight is 587 g/mol. The molecule has 2 saturated heterocycles. The van der Waals surface area contributed by atoms with Crippen LogP contribution in [0.15, 0.2) is 47.9 Å². The Kier molecular flexibility index (Phi) is 8.31. The van der Waals surface area contributed by atoms with Gasteiger partial charge in [-0.15, -0.1) is 11.8 Å². The van der Waals surface area contributed by atoms with Gasteiger partial charge in [0.05, 0.1) is 0 Å². The van der Waals surface area contributed by atoms with Gasteiger partial charge in [0.25, 0.3) is 0 Å². The Morgan fingerprint density at radius 1 is 1.19 bits per heavy atom. The molecule has 6 rings (SSSR count). The lowest BCUT2D eigenvalue weighted by molar-refractivity contribution is -0.128. The summed E-state index contributed by atoms with van der Waals surface area (Å²) in [6.45, 7) is 14.0. The zero-order valence-corrected chi connectivity index (χ0v) is 24.7. The molecule has 3 aromatic rings. The number of carbonyl (C=O) groups is 1. The number of rotatable bonds is 7. The molecule has 0 saturated carbocycles. The lowest BCUT2D eigenvalue weighted by Crippen LogP contribution is -2.56. The predicted octanol–water partition coefficient (Wildman–Crippen LogP) is 5.07. The van der Waals surface area contributed by atoms with E-state index in [0.29, 0.717) is 43.0 Å². The first kappa shape index (κ1) is 28.4. The van der Waals surface area contributed by atoms with E-state index in [2.05, 4.69) is 34.4 Å². The number of likely N-dealkylation sites (tertiary alicyclic amines) is 1. The van der Waals surface area contributed by atoms with Crippen molar-refractivity contribution < 1.29 is 13.9 Å². The Hall–Kier alpha value is -3.68. The summed E-state index contributed by atoms with van der Waals surface area (Å²) in [4.78, 5) is 32.7. The van der Waals surface area contributed by atoms with E-state index in [1.54, 1.807) is 4.90 Å². The molecule has 0 aliphatic carbocycles. The molecule has 3 aliphatic rings. The van der Waals surface area contributed by atoms with E-state index >= 15 is 4.39 Å². The zero-order chi connectivity index (χ0) is 29.2. The third-order valence-corrected chi connectivity index (χ3v) is 9.82. The van der Waals surface area contributed by atoms with E-state index < -0.39 is 0 Å². The van der Waals surface area contributed by atoms with Gasteiger partial charge in [-0.2, -0.15) is 9.97 Å². The molecule has 0 radical (unpaired) electrons. The number of thioether (sulfide) groups is 1. The van der Waals surface area contributed by atoms with E-state index in [0.717, 1.165) is 43.5 Å². The summed E-state index contributed by atoms with van der Waals surface area (Å²) in [6.07, 6.45) is 5.42. The third-order valence-electron chi connectivity index (χ3n) is 8.64. The number of likely N-dealkylation sites (N-methyl/N-ethyl adjacent to an activating group) is 1. The number of nitrogens with zero attached hydrogens (tertiary/aromatic N) is 6. The van der Waals surface area contributed by atoms with E-state index in [-0.39, 0.29) is 41.9 Å². The maximum Gasteiger partial charge on any atom is 0.319 e. The van der Waals surface area contributed by atoms with Gasteiger partial charge < -0.3 is 24.3 Å². The fourth-order valence-electron chi connectivity index (χ4n) is 6.36. The van der Waals surface area contributed by atoms with Crippen molar-refractivity contribution in [1.29, 1.82) is 0 Å². The van der Waals surface area contributed by atoms with Crippen LogP contribution in [0, 0.1) is 12.4 Å². The summed E-state index contributed by atoms with van der Waals surface area (Å²) in [5.41, 5.74) is 2.84. The van der Waals surface area contributed by atoms with Gasteiger partial charge in [-0.25, -0.2) is 11.0 Å². The van der Waals surface area contributed by atoms with Crippen molar-refractivity contribution in [3.63, 3.8) is 0 Å². The molecule has 0 N–H and O–H groups in total. The number of halogens is 1. The van der Waals surface area contributed by atoms with Crippen LogP contribution in [-0.2, 0) is 11.2 Å². The fourth-order valence-corrected chi connectivity index (χ4v) is 7.43. The zero-order valence-electron chi connectivity index (χ0n) is 23.9. The van der Waals surface area contributed by atoms with Gasteiger partial charge in [-0.1, -0.05) is 24.8 Å².